The number of rotatable bonds is 5. The number of carbonyl (C=O) groups is 2. The zero-order chi connectivity index (χ0) is 11.3. The molecule has 0 radical (unpaired) electrons. The van der Waals surface area contributed by atoms with E-state index in [1.807, 2.05) is 6.07 Å². The van der Waals surface area contributed by atoms with Crippen LogP contribution in [0.25, 0.3) is 0 Å². The van der Waals surface area contributed by atoms with Crippen molar-refractivity contribution in [1.29, 1.82) is 0 Å². The minimum atomic E-state index is -0.735. The third kappa shape index (κ3) is 4.45. The molecule has 0 aliphatic carbocycles. The van der Waals surface area contributed by atoms with Crippen LogP contribution in [0.5, 0.6) is 0 Å². The van der Waals surface area contributed by atoms with Gasteiger partial charge in [-0.1, -0.05) is 30.3 Å². The zero-order valence-electron chi connectivity index (χ0n) is 7.95. The van der Waals surface area contributed by atoms with Gasteiger partial charge in [-0.3, -0.25) is 9.59 Å². The summed E-state index contributed by atoms with van der Waals surface area (Å²) in [5.74, 6) is -0.437. The Hall–Kier alpha value is -0.860. The fourth-order valence-corrected chi connectivity index (χ4v) is 1.49. The van der Waals surface area contributed by atoms with Gasteiger partial charge in [-0.25, -0.2) is 0 Å². The van der Waals surface area contributed by atoms with Crippen molar-refractivity contribution in [1.82, 2.24) is 0 Å². The lowest BCUT2D eigenvalue weighted by molar-refractivity contribution is -0.118. The zero-order valence-corrected chi connectivity index (χ0v) is 9.46. The summed E-state index contributed by atoms with van der Waals surface area (Å²) in [5.41, 5.74) is 0.534. The first-order valence-electron chi connectivity index (χ1n) is 4.47. The normalized spacial score (nSPS) is 10.3. The number of carbonyl (C=O) groups excluding carboxylic acids is 2. The Labute approximate surface area is 98.2 Å². The van der Waals surface area contributed by atoms with E-state index < -0.39 is 4.84 Å². The van der Waals surface area contributed by atoms with E-state index in [1.54, 1.807) is 24.3 Å². The summed E-state index contributed by atoms with van der Waals surface area (Å²) in [4.78, 5) is 22.0. The van der Waals surface area contributed by atoms with Gasteiger partial charge in [0.2, 0.25) is 0 Å². The molecule has 0 aliphatic heterocycles. The van der Waals surface area contributed by atoms with Gasteiger partial charge in [0.1, 0.15) is 10.6 Å². The van der Waals surface area contributed by atoms with Gasteiger partial charge in [0.25, 0.3) is 0 Å². The van der Waals surface area contributed by atoms with E-state index in [2.05, 4.69) is 0 Å². The quantitative estimate of drug-likeness (QED) is 0.454. The van der Waals surface area contributed by atoms with E-state index in [0.29, 0.717) is 5.56 Å². The van der Waals surface area contributed by atoms with E-state index in [4.69, 9.17) is 23.2 Å². The lowest BCUT2D eigenvalue weighted by Crippen LogP contribution is -2.10. The van der Waals surface area contributed by atoms with Crippen LogP contribution in [0.3, 0.4) is 0 Å². The fourth-order valence-electron chi connectivity index (χ4n) is 1.15. The van der Waals surface area contributed by atoms with Gasteiger partial charge in [0.05, 0.1) is 6.42 Å². The number of hydrogen-bond donors (Lipinski definition) is 0. The van der Waals surface area contributed by atoms with Gasteiger partial charge in [-0.05, 0) is 0 Å². The minimum Gasteiger partial charge on any atom is -0.299 e. The Morgan fingerprint density at radius 2 is 1.73 bits per heavy atom. The van der Waals surface area contributed by atoms with E-state index in [-0.39, 0.29) is 24.4 Å². The van der Waals surface area contributed by atoms with Crippen molar-refractivity contribution in [2.24, 2.45) is 0 Å². The molecule has 0 aromatic heterocycles. The van der Waals surface area contributed by atoms with Crippen molar-refractivity contribution in [3.8, 4) is 0 Å². The first kappa shape index (κ1) is 12.2. The van der Waals surface area contributed by atoms with Crippen molar-refractivity contribution in [3.63, 3.8) is 0 Å². The molecule has 0 unspecified atom stereocenters. The van der Waals surface area contributed by atoms with E-state index in [1.165, 1.54) is 0 Å². The maximum absolute atomic E-state index is 11.5. The second-order valence-corrected chi connectivity index (χ2v) is 4.38. The minimum absolute atomic E-state index is 0.0156. The van der Waals surface area contributed by atoms with Crippen molar-refractivity contribution >= 4 is 34.8 Å². The predicted octanol–water partition coefficient (Wildman–Crippen LogP) is 3.02. The first-order valence-corrected chi connectivity index (χ1v) is 5.35. The van der Waals surface area contributed by atoms with Crippen LogP contribution in [0.2, 0.25) is 0 Å². The summed E-state index contributed by atoms with van der Waals surface area (Å²) in [6.07, 6.45) is -0.123. The highest BCUT2D eigenvalue weighted by Gasteiger charge is 2.13. The molecule has 0 saturated heterocycles. The third-order valence-corrected chi connectivity index (χ3v) is 2.14. The van der Waals surface area contributed by atoms with Crippen molar-refractivity contribution in [2.45, 2.75) is 17.7 Å². The molecule has 4 heteroatoms. The number of alkyl halides is 2. The second kappa shape index (κ2) is 5.89. The molecule has 0 spiro atoms. The van der Waals surface area contributed by atoms with E-state index in [9.17, 15) is 9.59 Å². The Balaban J connectivity index is 2.53. The molecular formula is C11H10Cl2O2. The molecular weight excluding hydrogens is 235 g/mol. The standard InChI is InChI=1S/C11H10Cl2O2/c12-11(13)7-9(14)6-10(15)8-4-2-1-3-5-8/h1-5,11H,6-7H2. The van der Waals surface area contributed by atoms with Gasteiger partial charge in [0.15, 0.2) is 5.78 Å². The second-order valence-electron chi connectivity index (χ2n) is 3.10. The average Bonchev–Trinajstić information content (AvgIpc) is 2.17. The van der Waals surface area contributed by atoms with Crippen LogP contribution in [0.1, 0.15) is 23.2 Å². The summed E-state index contributed by atoms with van der Waals surface area (Å²) in [7, 11) is 0. The number of Topliss-reactive ketones (excluding diaryl/α,β-unsaturated/α-hetero) is 2. The largest absolute Gasteiger partial charge is 0.299 e. The highest BCUT2D eigenvalue weighted by atomic mass is 35.5. The molecule has 0 atom stereocenters. The Kier molecular flexibility index (Phi) is 4.79. The highest BCUT2D eigenvalue weighted by molar-refractivity contribution is 6.45. The number of halogens is 2. The van der Waals surface area contributed by atoms with Gasteiger partial charge in [-0.15, -0.1) is 23.2 Å². The molecule has 0 amide bonds. The fraction of sp³-hybridized carbons (Fsp3) is 0.273. The molecule has 15 heavy (non-hydrogen) atoms. The van der Waals surface area contributed by atoms with Crippen molar-refractivity contribution in [3.05, 3.63) is 35.9 Å². The van der Waals surface area contributed by atoms with E-state index >= 15 is 0 Å². The van der Waals surface area contributed by atoms with Crippen LogP contribution in [0.4, 0.5) is 0 Å². The van der Waals surface area contributed by atoms with Gasteiger partial charge in [0, 0.05) is 12.0 Å². The lowest BCUT2D eigenvalue weighted by Gasteiger charge is -2.01. The molecule has 1 aromatic rings. The number of benzene rings is 1. The third-order valence-electron chi connectivity index (χ3n) is 1.84. The smallest absolute Gasteiger partial charge is 0.170 e. The summed E-state index contributed by atoms with van der Waals surface area (Å²) in [6.45, 7) is 0. The van der Waals surface area contributed by atoms with Crippen LogP contribution < -0.4 is 0 Å². The first-order chi connectivity index (χ1) is 7.09. The maximum atomic E-state index is 11.5. The molecule has 0 bridgehead atoms. The summed E-state index contributed by atoms with van der Waals surface area (Å²) in [6, 6.07) is 8.67. The molecule has 1 aromatic carbocycles. The van der Waals surface area contributed by atoms with Crippen molar-refractivity contribution in [2.75, 3.05) is 0 Å². The molecule has 0 heterocycles. The van der Waals surface area contributed by atoms with Gasteiger partial charge >= 0.3 is 0 Å². The highest BCUT2D eigenvalue weighted by Crippen LogP contribution is 2.11. The number of hydrogen-bond acceptors (Lipinski definition) is 2. The van der Waals surface area contributed by atoms with E-state index in [0.717, 1.165) is 0 Å². The Bertz CT molecular complexity index is 347. The summed E-state index contributed by atoms with van der Waals surface area (Å²) in [5, 5.41) is 0. The Morgan fingerprint density at radius 1 is 1.13 bits per heavy atom. The SMILES string of the molecule is O=C(CC(=O)c1ccccc1)CC(Cl)Cl. The lowest BCUT2D eigenvalue weighted by atomic mass is 10.1. The Morgan fingerprint density at radius 3 is 2.27 bits per heavy atom. The predicted molar refractivity (Wildman–Crippen MR) is 60.5 cm³/mol. The maximum Gasteiger partial charge on any atom is 0.170 e. The topological polar surface area (TPSA) is 34.1 Å². The van der Waals surface area contributed by atoms with Gasteiger partial charge < -0.3 is 0 Å². The molecule has 2 nitrogen and oxygen atoms in total. The van der Waals surface area contributed by atoms with Gasteiger partial charge in [-0.2, -0.15) is 0 Å². The molecule has 0 fully saturated rings. The van der Waals surface area contributed by atoms with Crippen LogP contribution >= 0.6 is 23.2 Å². The monoisotopic (exact) mass is 244 g/mol. The average molecular weight is 245 g/mol. The van der Waals surface area contributed by atoms with Crippen LogP contribution in [-0.4, -0.2) is 16.4 Å². The summed E-state index contributed by atoms with van der Waals surface area (Å²) >= 11 is 10.9. The van der Waals surface area contributed by atoms with Crippen LogP contribution in [0, 0.1) is 0 Å². The molecule has 80 valence electrons. The molecule has 0 aliphatic rings. The van der Waals surface area contributed by atoms with Crippen LogP contribution in [0.15, 0.2) is 30.3 Å². The molecule has 0 saturated carbocycles. The van der Waals surface area contributed by atoms with Crippen molar-refractivity contribution < 1.29 is 9.59 Å². The molecule has 1 rings (SSSR count). The number of ketones is 2. The van der Waals surface area contributed by atoms with Crippen LogP contribution in [-0.2, 0) is 4.79 Å². The summed E-state index contributed by atoms with van der Waals surface area (Å²) < 4.78 is 0. The molecule has 0 N–H and O–H groups in total.